The first-order chi connectivity index (χ1) is 16.1. The molecule has 5 nitrogen and oxygen atoms in total. The van der Waals surface area contributed by atoms with Crippen LogP contribution in [0.4, 0.5) is 0 Å². The predicted octanol–water partition coefficient (Wildman–Crippen LogP) is 6.30. The van der Waals surface area contributed by atoms with Gasteiger partial charge in [0.25, 0.3) is 0 Å². The van der Waals surface area contributed by atoms with Gasteiger partial charge in [0, 0.05) is 6.08 Å². The fourth-order valence-corrected chi connectivity index (χ4v) is 3.95. The number of hydrogen-bond acceptors (Lipinski definition) is 5. The fraction of sp³-hybridized carbons (Fsp3) is 0.464. The Kier molecular flexibility index (Phi) is 11.2. The first-order valence-corrected chi connectivity index (χ1v) is 14.8. The summed E-state index contributed by atoms with van der Waals surface area (Å²) in [5.41, 5.74) is 2.11. The van der Waals surface area contributed by atoms with E-state index >= 15 is 0 Å². The summed E-state index contributed by atoms with van der Waals surface area (Å²) in [6.07, 6.45) is 2.26. The molecular formula is C28H40O5Si. The molecule has 0 unspecified atom stereocenters. The Morgan fingerprint density at radius 1 is 0.912 bits per heavy atom. The first kappa shape index (κ1) is 28.0. The van der Waals surface area contributed by atoms with E-state index in [9.17, 15) is 4.79 Å². The lowest BCUT2D eigenvalue weighted by molar-refractivity contribution is -0.137. The molecule has 2 aromatic rings. The van der Waals surface area contributed by atoms with Gasteiger partial charge in [-0.05, 0) is 42.3 Å². The summed E-state index contributed by atoms with van der Waals surface area (Å²) in [6, 6.07) is 20.0. The molecule has 0 saturated carbocycles. The summed E-state index contributed by atoms with van der Waals surface area (Å²) in [5, 5.41) is 0.0676. The van der Waals surface area contributed by atoms with Crippen LogP contribution in [-0.4, -0.2) is 39.7 Å². The van der Waals surface area contributed by atoms with E-state index in [2.05, 4.69) is 33.9 Å². The summed E-state index contributed by atoms with van der Waals surface area (Å²) >= 11 is 0. The van der Waals surface area contributed by atoms with Crippen molar-refractivity contribution in [1.82, 2.24) is 0 Å². The summed E-state index contributed by atoms with van der Waals surface area (Å²) in [5.74, 6) is -0.400. The van der Waals surface area contributed by atoms with Crippen molar-refractivity contribution in [2.24, 2.45) is 0 Å². The standard InChI is InChI=1S/C28H40O5Si/c1-7-30-27(29)19-18-25(31-20-23-14-10-8-11-15-23)26(22-33-34(5,6)28(2,3)4)32-21-24-16-12-9-13-17-24/h8-19,25-26H,7,20-22H2,1-6H3/b19-18+/t25-,26-/m0/s1. The molecule has 0 heterocycles. The third kappa shape index (κ3) is 9.55. The summed E-state index contributed by atoms with van der Waals surface area (Å²) in [4.78, 5) is 12.0. The van der Waals surface area contributed by atoms with Crippen molar-refractivity contribution in [3.05, 3.63) is 83.9 Å². The smallest absolute Gasteiger partial charge is 0.330 e. The third-order valence-corrected chi connectivity index (χ3v) is 10.6. The second-order valence-corrected chi connectivity index (χ2v) is 14.6. The van der Waals surface area contributed by atoms with E-state index in [0.717, 1.165) is 11.1 Å². The molecule has 0 aromatic heterocycles. The molecule has 0 amide bonds. The Hall–Kier alpha value is -2.25. The predicted molar refractivity (Wildman–Crippen MR) is 139 cm³/mol. The molecule has 0 aliphatic rings. The van der Waals surface area contributed by atoms with E-state index in [0.29, 0.717) is 26.4 Å². The second kappa shape index (κ2) is 13.6. The van der Waals surface area contributed by atoms with Gasteiger partial charge in [-0.1, -0.05) is 81.4 Å². The minimum absolute atomic E-state index is 0.0676. The number of hydrogen-bond donors (Lipinski definition) is 0. The molecule has 2 atom stereocenters. The molecule has 6 heteroatoms. The van der Waals surface area contributed by atoms with Crippen LogP contribution in [0.3, 0.4) is 0 Å². The van der Waals surface area contributed by atoms with E-state index in [1.165, 1.54) is 6.08 Å². The SMILES string of the molecule is CCOC(=O)/C=C/[C@H](OCc1ccccc1)[C@H](CO[Si](C)(C)C(C)(C)C)OCc1ccccc1. The summed E-state index contributed by atoms with van der Waals surface area (Å²) in [6.45, 7) is 14.4. The fourth-order valence-electron chi connectivity index (χ4n) is 2.94. The van der Waals surface area contributed by atoms with Gasteiger partial charge in [-0.3, -0.25) is 0 Å². The largest absolute Gasteiger partial charge is 0.463 e. The van der Waals surface area contributed by atoms with Crippen LogP contribution in [0.2, 0.25) is 18.1 Å². The highest BCUT2D eigenvalue weighted by Crippen LogP contribution is 2.36. The van der Waals surface area contributed by atoms with Gasteiger partial charge in [0.1, 0.15) is 12.2 Å². The maximum atomic E-state index is 12.0. The lowest BCUT2D eigenvalue weighted by Crippen LogP contribution is -2.45. The highest BCUT2D eigenvalue weighted by Gasteiger charge is 2.38. The minimum Gasteiger partial charge on any atom is -0.463 e. The van der Waals surface area contributed by atoms with Gasteiger partial charge >= 0.3 is 5.97 Å². The summed E-state index contributed by atoms with van der Waals surface area (Å²) < 4.78 is 24.2. The molecule has 0 spiro atoms. The van der Waals surface area contributed by atoms with Crippen LogP contribution < -0.4 is 0 Å². The van der Waals surface area contributed by atoms with E-state index in [4.69, 9.17) is 18.6 Å². The van der Waals surface area contributed by atoms with Crippen LogP contribution in [0.1, 0.15) is 38.8 Å². The zero-order chi connectivity index (χ0) is 25.0. The van der Waals surface area contributed by atoms with Gasteiger partial charge in [-0.2, -0.15) is 0 Å². The highest BCUT2D eigenvalue weighted by atomic mass is 28.4. The number of carbonyl (C=O) groups is 1. The number of ether oxygens (including phenoxy) is 3. The quantitative estimate of drug-likeness (QED) is 0.190. The maximum Gasteiger partial charge on any atom is 0.330 e. The van der Waals surface area contributed by atoms with Crippen molar-refractivity contribution in [3.63, 3.8) is 0 Å². The zero-order valence-corrected chi connectivity index (χ0v) is 22.5. The number of esters is 1. The first-order valence-electron chi connectivity index (χ1n) is 11.9. The molecular weight excluding hydrogens is 444 g/mol. The van der Waals surface area contributed by atoms with Crippen LogP contribution in [0, 0.1) is 0 Å². The van der Waals surface area contributed by atoms with Crippen molar-refractivity contribution in [1.29, 1.82) is 0 Å². The van der Waals surface area contributed by atoms with Crippen LogP contribution >= 0.6 is 0 Å². The van der Waals surface area contributed by atoms with E-state index in [-0.39, 0.29) is 5.04 Å². The van der Waals surface area contributed by atoms with Crippen molar-refractivity contribution in [3.8, 4) is 0 Å². The van der Waals surface area contributed by atoms with Crippen LogP contribution in [0.5, 0.6) is 0 Å². The van der Waals surface area contributed by atoms with Crippen LogP contribution in [-0.2, 0) is 36.6 Å². The monoisotopic (exact) mass is 484 g/mol. The molecule has 2 rings (SSSR count). The number of rotatable bonds is 13. The van der Waals surface area contributed by atoms with E-state index < -0.39 is 26.5 Å². The van der Waals surface area contributed by atoms with E-state index in [1.807, 2.05) is 60.7 Å². The normalized spacial score (nSPS) is 14.2. The molecule has 0 aliphatic carbocycles. The minimum atomic E-state index is -2.02. The Labute approximate surface area is 206 Å². The van der Waals surface area contributed by atoms with E-state index in [1.54, 1.807) is 13.0 Å². The highest BCUT2D eigenvalue weighted by molar-refractivity contribution is 6.74. The molecule has 0 aliphatic heterocycles. The molecule has 0 fully saturated rings. The van der Waals surface area contributed by atoms with Gasteiger partial charge in [-0.25, -0.2) is 4.79 Å². The Morgan fingerprint density at radius 3 is 1.94 bits per heavy atom. The lowest BCUT2D eigenvalue weighted by atomic mass is 10.1. The lowest BCUT2D eigenvalue weighted by Gasteiger charge is -2.38. The van der Waals surface area contributed by atoms with Gasteiger partial charge in [0.2, 0.25) is 0 Å². The Bertz CT molecular complexity index is 875. The van der Waals surface area contributed by atoms with Crippen molar-refractivity contribution in [2.45, 2.75) is 71.2 Å². The van der Waals surface area contributed by atoms with Crippen molar-refractivity contribution < 1.29 is 23.4 Å². The third-order valence-electron chi connectivity index (χ3n) is 6.08. The molecule has 2 aromatic carbocycles. The summed E-state index contributed by atoms with van der Waals surface area (Å²) in [7, 11) is -2.02. The maximum absolute atomic E-state index is 12.0. The Morgan fingerprint density at radius 2 is 1.44 bits per heavy atom. The second-order valence-electron chi connectivity index (χ2n) is 9.78. The molecule has 186 valence electrons. The van der Waals surface area contributed by atoms with Gasteiger partial charge in [0.15, 0.2) is 8.32 Å². The molecule has 0 saturated heterocycles. The van der Waals surface area contributed by atoms with Crippen LogP contribution in [0.15, 0.2) is 72.8 Å². The molecule has 0 radical (unpaired) electrons. The van der Waals surface area contributed by atoms with Crippen molar-refractivity contribution in [2.75, 3.05) is 13.2 Å². The number of carbonyl (C=O) groups excluding carboxylic acids is 1. The average molecular weight is 485 g/mol. The molecule has 0 N–H and O–H groups in total. The molecule has 0 bridgehead atoms. The van der Waals surface area contributed by atoms with Gasteiger partial charge in [0.05, 0.1) is 26.4 Å². The average Bonchev–Trinajstić information content (AvgIpc) is 2.80. The van der Waals surface area contributed by atoms with Crippen molar-refractivity contribution >= 4 is 14.3 Å². The van der Waals surface area contributed by atoms with Crippen LogP contribution in [0.25, 0.3) is 0 Å². The topological polar surface area (TPSA) is 54.0 Å². The zero-order valence-electron chi connectivity index (χ0n) is 21.5. The van der Waals surface area contributed by atoms with Gasteiger partial charge < -0.3 is 18.6 Å². The molecule has 34 heavy (non-hydrogen) atoms. The van der Waals surface area contributed by atoms with Gasteiger partial charge in [-0.15, -0.1) is 0 Å². The number of benzene rings is 2. The Balaban J connectivity index is 2.24.